The van der Waals surface area contributed by atoms with E-state index in [0.29, 0.717) is 11.6 Å². The molecule has 10 nitrogen and oxygen atoms in total. The van der Waals surface area contributed by atoms with Crippen LogP contribution in [0.4, 0.5) is 10.6 Å². The van der Waals surface area contributed by atoms with Crippen molar-refractivity contribution in [3.63, 3.8) is 0 Å². The molecule has 2 atom stereocenters. The van der Waals surface area contributed by atoms with Gasteiger partial charge in [0.25, 0.3) is 0 Å². The number of hydrogen-bond donors (Lipinski definition) is 2. The number of carbonyl (C=O) groups is 1. The second kappa shape index (κ2) is 8.76. The molecule has 1 aromatic carbocycles. The van der Waals surface area contributed by atoms with Crippen LogP contribution in [0.2, 0.25) is 0 Å². The van der Waals surface area contributed by atoms with Crippen LogP contribution in [0.1, 0.15) is 50.1 Å². The number of benzene rings is 1. The van der Waals surface area contributed by atoms with Crippen molar-refractivity contribution in [1.82, 2.24) is 19.7 Å². The van der Waals surface area contributed by atoms with Gasteiger partial charge in [0, 0.05) is 18.7 Å². The van der Waals surface area contributed by atoms with Crippen molar-refractivity contribution in [3.05, 3.63) is 30.0 Å². The molecule has 4 heterocycles. The highest BCUT2D eigenvalue weighted by atomic mass is 16.5. The Morgan fingerprint density at radius 1 is 1.11 bits per heavy atom. The molecule has 1 aliphatic carbocycles. The van der Waals surface area contributed by atoms with E-state index in [1.807, 2.05) is 29.9 Å². The first-order valence-corrected chi connectivity index (χ1v) is 12.4. The molecule has 1 amide bonds. The third kappa shape index (κ3) is 4.21. The monoisotopic (exact) mass is 478 g/mol. The Bertz CT molecular complexity index is 1260. The topological polar surface area (TPSA) is 129 Å². The molecule has 3 aliphatic rings. The average Bonchev–Trinajstić information content (AvgIpc) is 3.42. The SMILES string of the molecule is Cc1cc(-c2nc(N3CC4CCC(C3)O4)c3cnn(C4CCC(O)CC4)c3n2)ccc1OC(N)=O. The van der Waals surface area contributed by atoms with Crippen molar-refractivity contribution >= 4 is 22.9 Å². The molecule has 184 valence electrons. The Morgan fingerprint density at radius 3 is 2.54 bits per heavy atom. The lowest BCUT2D eigenvalue weighted by Crippen LogP contribution is -2.43. The Hall–Kier alpha value is -3.24. The number of rotatable bonds is 4. The average molecular weight is 479 g/mol. The lowest BCUT2D eigenvalue weighted by Gasteiger charge is -2.33. The molecule has 6 rings (SSSR count). The number of carbonyl (C=O) groups excluding carboxylic acids is 1. The van der Waals surface area contributed by atoms with E-state index in [0.717, 1.165) is 79.6 Å². The minimum absolute atomic E-state index is 0.195. The molecule has 0 radical (unpaired) electrons. The number of aliphatic hydroxyl groups is 1. The Kier molecular flexibility index (Phi) is 5.57. The number of ether oxygens (including phenoxy) is 2. The third-order valence-electron chi connectivity index (χ3n) is 7.43. The van der Waals surface area contributed by atoms with E-state index in [2.05, 4.69) is 4.90 Å². The predicted octanol–water partition coefficient (Wildman–Crippen LogP) is 3.10. The van der Waals surface area contributed by atoms with E-state index < -0.39 is 6.09 Å². The van der Waals surface area contributed by atoms with Crippen molar-refractivity contribution in [1.29, 1.82) is 0 Å². The van der Waals surface area contributed by atoms with Gasteiger partial charge in [-0.25, -0.2) is 19.4 Å². The Labute approximate surface area is 203 Å². The third-order valence-corrected chi connectivity index (χ3v) is 7.43. The first-order chi connectivity index (χ1) is 16.9. The number of anilines is 1. The van der Waals surface area contributed by atoms with Crippen LogP contribution in [0, 0.1) is 6.92 Å². The van der Waals surface area contributed by atoms with E-state index in [1.165, 1.54) is 0 Å². The number of amides is 1. The van der Waals surface area contributed by atoms with Crippen molar-refractivity contribution in [3.8, 4) is 17.1 Å². The highest BCUT2D eigenvalue weighted by Gasteiger charge is 2.36. The van der Waals surface area contributed by atoms with Crippen molar-refractivity contribution < 1.29 is 19.4 Å². The standard InChI is InChI=1S/C25H30N6O4/c1-14-10-15(2-9-21(14)35-25(26)33)22-28-23(30-12-18-7-8-19(13-30)34-18)20-11-27-31(24(20)29-22)16-3-5-17(32)6-4-16/h2,9-11,16-19,32H,3-8,12-13H2,1H3,(H2,26,33). The second-order valence-corrected chi connectivity index (χ2v) is 9.92. The molecule has 35 heavy (non-hydrogen) atoms. The molecule has 2 saturated heterocycles. The summed E-state index contributed by atoms with van der Waals surface area (Å²) < 4.78 is 13.2. The summed E-state index contributed by atoms with van der Waals surface area (Å²) >= 11 is 0. The van der Waals surface area contributed by atoms with Crippen molar-refractivity contribution in [2.24, 2.45) is 5.73 Å². The fourth-order valence-electron chi connectivity index (χ4n) is 5.65. The van der Waals surface area contributed by atoms with E-state index in [1.54, 1.807) is 6.07 Å². The molecule has 3 fully saturated rings. The van der Waals surface area contributed by atoms with Crippen LogP contribution in [0.5, 0.6) is 5.75 Å². The number of hydrogen-bond acceptors (Lipinski definition) is 8. The van der Waals surface area contributed by atoms with Gasteiger partial charge in [0.05, 0.1) is 35.9 Å². The van der Waals surface area contributed by atoms with Gasteiger partial charge in [-0.3, -0.25) is 0 Å². The number of morpholine rings is 1. The number of aryl methyl sites for hydroxylation is 1. The molecular formula is C25H30N6O4. The van der Waals surface area contributed by atoms with Gasteiger partial charge in [-0.2, -0.15) is 5.10 Å². The molecular weight excluding hydrogens is 448 g/mol. The zero-order chi connectivity index (χ0) is 24.1. The van der Waals surface area contributed by atoms with Crippen LogP contribution in [0.25, 0.3) is 22.4 Å². The minimum Gasteiger partial charge on any atom is -0.410 e. The number of fused-ring (bicyclic) bond motifs is 3. The quantitative estimate of drug-likeness (QED) is 0.585. The summed E-state index contributed by atoms with van der Waals surface area (Å²) in [6.07, 6.45) is 6.68. The van der Waals surface area contributed by atoms with Crippen LogP contribution in [0.3, 0.4) is 0 Å². The zero-order valence-electron chi connectivity index (χ0n) is 19.8. The summed E-state index contributed by atoms with van der Waals surface area (Å²) in [5.41, 5.74) is 7.59. The van der Waals surface area contributed by atoms with Crippen LogP contribution in [-0.2, 0) is 4.74 Å². The lowest BCUT2D eigenvalue weighted by molar-refractivity contribution is 0.0303. The molecule has 3 aromatic rings. The summed E-state index contributed by atoms with van der Waals surface area (Å²) in [4.78, 5) is 23.5. The summed E-state index contributed by atoms with van der Waals surface area (Å²) in [6.45, 7) is 3.46. The van der Waals surface area contributed by atoms with Gasteiger partial charge in [0.2, 0.25) is 0 Å². The highest BCUT2D eigenvalue weighted by Crippen LogP contribution is 2.36. The maximum Gasteiger partial charge on any atom is 0.409 e. The Balaban J connectivity index is 1.45. The van der Waals surface area contributed by atoms with Gasteiger partial charge >= 0.3 is 6.09 Å². The number of aliphatic hydroxyl groups excluding tert-OH is 1. The molecule has 2 unspecified atom stereocenters. The van der Waals surface area contributed by atoms with Gasteiger partial charge in [0.1, 0.15) is 11.6 Å². The summed E-state index contributed by atoms with van der Waals surface area (Å²) in [5.74, 6) is 1.89. The number of aromatic nitrogens is 4. The zero-order valence-corrected chi connectivity index (χ0v) is 19.8. The molecule has 2 aromatic heterocycles. The normalized spacial score (nSPS) is 26.3. The van der Waals surface area contributed by atoms with Crippen molar-refractivity contribution in [2.75, 3.05) is 18.0 Å². The molecule has 0 spiro atoms. The number of primary amides is 1. The predicted molar refractivity (Wildman–Crippen MR) is 129 cm³/mol. The minimum atomic E-state index is -0.843. The van der Waals surface area contributed by atoms with Crippen LogP contribution < -0.4 is 15.4 Å². The molecule has 1 saturated carbocycles. The first kappa shape index (κ1) is 22.2. The second-order valence-electron chi connectivity index (χ2n) is 9.92. The summed E-state index contributed by atoms with van der Waals surface area (Å²) in [6, 6.07) is 5.67. The highest BCUT2D eigenvalue weighted by molar-refractivity contribution is 5.89. The van der Waals surface area contributed by atoms with Crippen LogP contribution >= 0.6 is 0 Å². The Morgan fingerprint density at radius 2 is 1.86 bits per heavy atom. The fraction of sp³-hybridized carbons (Fsp3) is 0.520. The first-order valence-electron chi connectivity index (χ1n) is 12.4. The fourth-order valence-corrected chi connectivity index (χ4v) is 5.65. The molecule has 2 bridgehead atoms. The molecule has 2 aliphatic heterocycles. The summed E-state index contributed by atoms with van der Waals surface area (Å²) in [5, 5.41) is 15.7. The molecule has 10 heteroatoms. The van der Waals surface area contributed by atoms with Gasteiger partial charge < -0.3 is 25.2 Å². The maximum absolute atomic E-state index is 11.2. The van der Waals surface area contributed by atoms with E-state index >= 15 is 0 Å². The summed E-state index contributed by atoms with van der Waals surface area (Å²) in [7, 11) is 0. The van der Waals surface area contributed by atoms with Crippen LogP contribution in [-0.4, -0.2) is 62.3 Å². The van der Waals surface area contributed by atoms with Crippen LogP contribution in [0.15, 0.2) is 24.4 Å². The number of nitrogens with zero attached hydrogens (tertiary/aromatic N) is 5. The van der Waals surface area contributed by atoms with Gasteiger partial charge in [-0.05, 0) is 69.2 Å². The van der Waals surface area contributed by atoms with E-state index in [4.69, 9.17) is 30.3 Å². The van der Waals surface area contributed by atoms with Crippen molar-refractivity contribution in [2.45, 2.75) is 69.8 Å². The maximum atomic E-state index is 11.2. The van der Waals surface area contributed by atoms with Gasteiger partial charge in [-0.1, -0.05) is 0 Å². The van der Waals surface area contributed by atoms with Gasteiger partial charge in [0.15, 0.2) is 11.5 Å². The van der Waals surface area contributed by atoms with E-state index in [9.17, 15) is 9.90 Å². The smallest absolute Gasteiger partial charge is 0.409 e. The van der Waals surface area contributed by atoms with E-state index in [-0.39, 0.29) is 24.4 Å². The largest absolute Gasteiger partial charge is 0.410 e. The lowest BCUT2D eigenvalue weighted by atomic mass is 9.93. The molecule has 3 N–H and O–H groups in total. The van der Waals surface area contributed by atoms with Gasteiger partial charge in [-0.15, -0.1) is 0 Å². The number of nitrogens with two attached hydrogens (primary N) is 1.